The van der Waals surface area contributed by atoms with Crippen LogP contribution in [0.1, 0.15) is 61.8 Å². The SMILES string of the molecule is CCc1ccc(-c2cc(C=Cc3sc(C=Cc4sccc4-c4ccc(CC)cc4)cc3-c3ccc(CC)cc3)sc2C)cc1. The lowest BCUT2D eigenvalue weighted by atomic mass is 10.0. The predicted molar refractivity (Wildman–Crippen MR) is 200 cm³/mol. The van der Waals surface area contributed by atoms with Gasteiger partial charge in [-0.2, -0.15) is 0 Å². The van der Waals surface area contributed by atoms with Gasteiger partial charge in [-0.1, -0.05) is 93.6 Å². The van der Waals surface area contributed by atoms with Crippen LogP contribution in [-0.2, 0) is 19.3 Å². The minimum atomic E-state index is 1.05. The van der Waals surface area contributed by atoms with E-state index < -0.39 is 0 Å². The van der Waals surface area contributed by atoms with Gasteiger partial charge >= 0.3 is 0 Å². The molecule has 3 heterocycles. The van der Waals surface area contributed by atoms with Crippen LogP contribution in [0.25, 0.3) is 57.7 Å². The minimum absolute atomic E-state index is 1.05. The minimum Gasteiger partial charge on any atom is -0.144 e. The molecule has 0 radical (unpaired) electrons. The summed E-state index contributed by atoms with van der Waals surface area (Å²) >= 11 is 5.53. The third-order valence-electron chi connectivity index (χ3n) is 8.23. The predicted octanol–water partition coefficient (Wildman–Crippen LogP) is 13.2. The van der Waals surface area contributed by atoms with Crippen molar-refractivity contribution in [1.82, 2.24) is 0 Å². The summed E-state index contributed by atoms with van der Waals surface area (Å²) in [6, 6.07) is 34.0. The molecule has 3 aromatic carbocycles. The molecule has 3 heteroatoms. The number of aryl methyl sites for hydroxylation is 4. The molecule has 0 fully saturated rings. The Kier molecular flexibility index (Phi) is 9.57. The Morgan fingerprint density at radius 1 is 0.477 bits per heavy atom. The van der Waals surface area contributed by atoms with E-state index in [-0.39, 0.29) is 0 Å². The van der Waals surface area contributed by atoms with E-state index in [1.807, 2.05) is 22.7 Å². The maximum Gasteiger partial charge on any atom is 0.0355 e. The Morgan fingerprint density at radius 2 is 0.932 bits per heavy atom. The van der Waals surface area contributed by atoms with Crippen LogP contribution in [0.5, 0.6) is 0 Å². The lowest BCUT2D eigenvalue weighted by Gasteiger charge is -2.03. The maximum absolute atomic E-state index is 2.35. The number of hydrogen-bond donors (Lipinski definition) is 0. The van der Waals surface area contributed by atoms with Crippen LogP contribution in [0.15, 0.2) is 96.4 Å². The van der Waals surface area contributed by atoms with E-state index >= 15 is 0 Å². The first-order valence-electron chi connectivity index (χ1n) is 15.5. The summed E-state index contributed by atoms with van der Waals surface area (Å²) in [5.41, 5.74) is 11.9. The third-order valence-corrected chi connectivity index (χ3v) is 11.2. The fourth-order valence-corrected chi connectivity index (χ4v) is 8.25. The highest BCUT2D eigenvalue weighted by Gasteiger charge is 2.11. The van der Waals surface area contributed by atoms with Crippen molar-refractivity contribution in [1.29, 1.82) is 0 Å². The molecular weight excluding hydrogens is 589 g/mol. The van der Waals surface area contributed by atoms with E-state index in [1.54, 1.807) is 11.3 Å². The molecule has 0 spiro atoms. The quantitative estimate of drug-likeness (QED) is 0.142. The molecular formula is C41H38S3. The van der Waals surface area contributed by atoms with E-state index in [0.29, 0.717) is 0 Å². The highest BCUT2D eigenvalue weighted by Crippen LogP contribution is 2.37. The van der Waals surface area contributed by atoms with Crippen LogP contribution in [0.4, 0.5) is 0 Å². The summed E-state index contributed by atoms with van der Waals surface area (Å²) in [6.07, 6.45) is 12.4. The molecule has 0 saturated heterocycles. The highest BCUT2D eigenvalue weighted by atomic mass is 32.1. The van der Waals surface area contributed by atoms with Gasteiger partial charge in [0.05, 0.1) is 0 Å². The summed E-state index contributed by atoms with van der Waals surface area (Å²) in [5, 5.41) is 2.20. The first-order valence-corrected chi connectivity index (χ1v) is 18.0. The van der Waals surface area contributed by atoms with Crippen LogP contribution in [0, 0.1) is 6.92 Å². The third kappa shape index (κ3) is 6.81. The van der Waals surface area contributed by atoms with Gasteiger partial charge in [0.2, 0.25) is 0 Å². The highest BCUT2D eigenvalue weighted by molar-refractivity contribution is 7.15. The molecule has 44 heavy (non-hydrogen) atoms. The standard InChI is InChI=1S/C41H38S3/c1-5-29-8-14-32(15-9-29)37-24-25-42-40(37)22-20-36-27-39(34-18-12-31(7-3)13-19-34)41(44-36)23-21-35-26-38(28(4)43-35)33-16-10-30(6-2)11-17-33/h8-27H,5-7H2,1-4H3. The van der Waals surface area contributed by atoms with Crippen molar-refractivity contribution in [2.45, 2.75) is 47.0 Å². The molecule has 6 rings (SSSR count). The molecule has 0 N–H and O–H groups in total. The van der Waals surface area contributed by atoms with Crippen molar-refractivity contribution in [3.8, 4) is 33.4 Å². The second kappa shape index (κ2) is 13.9. The lowest BCUT2D eigenvalue weighted by molar-refractivity contribution is 1.14. The molecule has 0 atom stereocenters. The van der Waals surface area contributed by atoms with Crippen LogP contribution in [0.3, 0.4) is 0 Å². The maximum atomic E-state index is 2.35. The molecule has 0 nitrogen and oxygen atoms in total. The Hall–Kier alpha value is -3.76. The van der Waals surface area contributed by atoms with E-state index in [4.69, 9.17) is 0 Å². The van der Waals surface area contributed by atoms with Crippen molar-refractivity contribution in [2.24, 2.45) is 0 Å². The molecule has 0 unspecified atom stereocenters. The number of rotatable bonds is 10. The average molecular weight is 627 g/mol. The Bertz CT molecular complexity index is 1890. The Balaban J connectivity index is 1.31. The van der Waals surface area contributed by atoms with Crippen molar-refractivity contribution in [3.05, 3.63) is 137 Å². The van der Waals surface area contributed by atoms with Gasteiger partial charge in [-0.15, -0.1) is 34.0 Å². The molecule has 0 aliphatic rings. The monoisotopic (exact) mass is 626 g/mol. The van der Waals surface area contributed by atoms with Gasteiger partial charge < -0.3 is 0 Å². The fourth-order valence-electron chi connectivity index (χ4n) is 5.49. The summed E-state index contributed by atoms with van der Waals surface area (Å²) in [4.78, 5) is 6.48. The molecule has 0 bridgehead atoms. The molecule has 6 aromatic rings. The summed E-state index contributed by atoms with van der Waals surface area (Å²) < 4.78 is 0. The topological polar surface area (TPSA) is 0 Å². The van der Waals surface area contributed by atoms with Crippen molar-refractivity contribution < 1.29 is 0 Å². The summed E-state index contributed by atoms with van der Waals surface area (Å²) in [7, 11) is 0. The molecule has 3 aromatic heterocycles. The largest absolute Gasteiger partial charge is 0.144 e. The number of thiophene rings is 3. The second-order valence-electron chi connectivity index (χ2n) is 11.1. The van der Waals surface area contributed by atoms with Crippen molar-refractivity contribution in [2.75, 3.05) is 0 Å². The first-order chi connectivity index (χ1) is 21.5. The van der Waals surface area contributed by atoms with Crippen LogP contribution < -0.4 is 0 Å². The zero-order valence-corrected chi connectivity index (χ0v) is 28.3. The van der Waals surface area contributed by atoms with Crippen LogP contribution in [-0.4, -0.2) is 0 Å². The summed E-state index contributed by atoms with van der Waals surface area (Å²) in [5.74, 6) is 0. The van der Waals surface area contributed by atoms with Gasteiger partial charge in [0.1, 0.15) is 0 Å². The zero-order valence-electron chi connectivity index (χ0n) is 25.9. The van der Waals surface area contributed by atoms with E-state index in [1.165, 1.54) is 74.5 Å². The van der Waals surface area contributed by atoms with Gasteiger partial charge in [-0.25, -0.2) is 0 Å². The van der Waals surface area contributed by atoms with Crippen LogP contribution >= 0.6 is 34.0 Å². The number of benzene rings is 3. The second-order valence-corrected chi connectivity index (χ2v) is 14.4. The van der Waals surface area contributed by atoms with Gasteiger partial charge in [0, 0.05) is 29.9 Å². The van der Waals surface area contributed by atoms with Gasteiger partial charge in [-0.05, 0) is 119 Å². The van der Waals surface area contributed by atoms with Gasteiger partial charge in [0.15, 0.2) is 0 Å². The van der Waals surface area contributed by atoms with Gasteiger partial charge in [-0.3, -0.25) is 0 Å². The van der Waals surface area contributed by atoms with E-state index in [2.05, 4.69) is 148 Å². The molecule has 0 amide bonds. The van der Waals surface area contributed by atoms with Crippen molar-refractivity contribution in [3.63, 3.8) is 0 Å². The Morgan fingerprint density at radius 3 is 1.48 bits per heavy atom. The number of hydrogen-bond acceptors (Lipinski definition) is 3. The first kappa shape index (κ1) is 30.3. The molecule has 220 valence electrons. The zero-order chi connectivity index (χ0) is 30.5. The average Bonchev–Trinajstić information content (AvgIpc) is 3.81. The Labute approximate surface area is 274 Å². The molecule has 0 saturated carbocycles. The normalized spacial score (nSPS) is 11.7. The fraction of sp³-hybridized carbons (Fsp3) is 0.171. The lowest BCUT2D eigenvalue weighted by Crippen LogP contribution is -1.81. The van der Waals surface area contributed by atoms with Crippen LogP contribution in [0.2, 0.25) is 0 Å². The van der Waals surface area contributed by atoms with Gasteiger partial charge in [0.25, 0.3) is 0 Å². The summed E-state index contributed by atoms with van der Waals surface area (Å²) in [6.45, 7) is 8.85. The molecule has 0 aliphatic heterocycles. The molecule has 0 aliphatic carbocycles. The van der Waals surface area contributed by atoms with Crippen molar-refractivity contribution >= 4 is 58.3 Å². The van der Waals surface area contributed by atoms with E-state index in [0.717, 1.165) is 19.3 Å². The van der Waals surface area contributed by atoms with E-state index in [9.17, 15) is 0 Å². The smallest absolute Gasteiger partial charge is 0.0355 e.